The molecule has 1 fully saturated rings. The van der Waals surface area contributed by atoms with E-state index in [9.17, 15) is 13.6 Å². The number of halogens is 2. The predicted octanol–water partition coefficient (Wildman–Crippen LogP) is 2.44. The largest absolute Gasteiger partial charge is 0.471 e. The van der Waals surface area contributed by atoms with Crippen LogP contribution in [0.4, 0.5) is 19.3 Å². The zero-order valence-electron chi connectivity index (χ0n) is 12.1. The summed E-state index contributed by atoms with van der Waals surface area (Å²) in [6, 6.07) is 6.21. The van der Waals surface area contributed by atoms with Gasteiger partial charge in [-0.05, 0) is 18.2 Å². The number of amides is 2. The van der Waals surface area contributed by atoms with Crippen molar-refractivity contribution in [1.82, 2.24) is 15.1 Å². The molecule has 1 atom stereocenters. The number of ether oxygens (including phenoxy) is 1. The smallest absolute Gasteiger partial charge is 0.322 e. The molecule has 0 radical (unpaired) electrons. The van der Waals surface area contributed by atoms with E-state index in [1.165, 1.54) is 17.2 Å². The van der Waals surface area contributed by atoms with Crippen LogP contribution < -0.4 is 10.1 Å². The van der Waals surface area contributed by atoms with Crippen molar-refractivity contribution in [2.75, 3.05) is 18.4 Å². The van der Waals surface area contributed by atoms with E-state index in [0.29, 0.717) is 25.4 Å². The summed E-state index contributed by atoms with van der Waals surface area (Å²) >= 11 is 0. The molecule has 1 aromatic heterocycles. The van der Waals surface area contributed by atoms with Gasteiger partial charge in [0.25, 0.3) is 0 Å². The molecule has 1 aromatic carbocycles. The molecule has 1 aliphatic rings. The second-order valence-corrected chi connectivity index (χ2v) is 5.06. The number of nitrogens with zero attached hydrogens (tertiary/aromatic N) is 3. The fourth-order valence-corrected chi connectivity index (χ4v) is 2.33. The summed E-state index contributed by atoms with van der Waals surface area (Å²) in [5.41, 5.74) is -0.448. The number of benzene rings is 1. The van der Waals surface area contributed by atoms with Gasteiger partial charge in [0.05, 0.1) is 6.54 Å². The first kappa shape index (κ1) is 15.1. The molecule has 1 N–H and O–H groups in total. The molecule has 6 nitrogen and oxygen atoms in total. The zero-order chi connectivity index (χ0) is 16.2. The predicted molar refractivity (Wildman–Crippen MR) is 78.0 cm³/mol. The monoisotopic (exact) mass is 320 g/mol. The summed E-state index contributed by atoms with van der Waals surface area (Å²) in [4.78, 5) is 13.6. The number of hydrogen-bond donors (Lipinski definition) is 1. The number of para-hydroxylation sites is 1. The lowest BCUT2D eigenvalue weighted by molar-refractivity contribution is 0.188. The highest BCUT2D eigenvalue weighted by Gasteiger charge is 2.28. The molecule has 2 aromatic rings. The van der Waals surface area contributed by atoms with Crippen LogP contribution in [0.25, 0.3) is 0 Å². The van der Waals surface area contributed by atoms with Crippen molar-refractivity contribution in [3.63, 3.8) is 0 Å². The lowest BCUT2D eigenvalue weighted by atomic mass is 10.3. The minimum atomic E-state index is -0.815. The van der Waals surface area contributed by atoms with Crippen molar-refractivity contribution >= 4 is 11.7 Å². The first-order valence-corrected chi connectivity index (χ1v) is 7.08. The van der Waals surface area contributed by atoms with Gasteiger partial charge in [-0.15, -0.1) is 5.10 Å². The zero-order valence-corrected chi connectivity index (χ0v) is 12.1. The maximum atomic E-state index is 13.5. The van der Waals surface area contributed by atoms with Gasteiger partial charge in [0.1, 0.15) is 23.4 Å². The second-order valence-electron chi connectivity index (χ2n) is 5.06. The summed E-state index contributed by atoms with van der Waals surface area (Å²) in [6.07, 6.45) is 1.90. The van der Waals surface area contributed by atoms with Crippen LogP contribution in [0.3, 0.4) is 0 Å². The molecule has 0 aliphatic carbocycles. The van der Waals surface area contributed by atoms with E-state index in [1.807, 2.05) is 0 Å². The van der Waals surface area contributed by atoms with Crippen molar-refractivity contribution in [3.05, 3.63) is 48.2 Å². The minimum absolute atomic E-state index is 0.233. The third kappa shape index (κ3) is 3.53. The molecule has 120 valence electrons. The van der Waals surface area contributed by atoms with Gasteiger partial charge in [-0.3, -0.25) is 0 Å². The first-order valence-electron chi connectivity index (χ1n) is 7.08. The number of aromatic nitrogens is 2. The topological polar surface area (TPSA) is 67.4 Å². The Morgan fingerprint density at radius 2 is 2.04 bits per heavy atom. The van der Waals surface area contributed by atoms with Crippen LogP contribution in [0.1, 0.15) is 6.42 Å². The number of urea groups is 1. The van der Waals surface area contributed by atoms with Crippen LogP contribution in [-0.2, 0) is 0 Å². The van der Waals surface area contributed by atoms with Crippen molar-refractivity contribution in [1.29, 1.82) is 0 Å². The molecule has 8 heteroatoms. The third-order valence-corrected chi connectivity index (χ3v) is 3.46. The summed E-state index contributed by atoms with van der Waals surface area (Å²) in [7, 11) is 0. The molecule has 23 heavy (non-hydrogen) atoms. The molecular formula is C15H14F2N4O2. The average Bonchev–Trinajstić information content (AvgIpc) is 3.00. The Labute approximate surface area is 131 Å². The van der Waals surface area contributed by atoms with Crippen LogP contribution in [0, 0.1) is 11.6 Å². The van der Waals surface area contributed by atoms with Crippen LogP contribution in [0.2, 0.25) is 0 Å². The summed E-state index contributed by atoms with van der Waals surface area (Å²) in [5, 5.41) is 9.78. The number of nitrogens with one attached hydrogen (secondary N) is 1. The second kappa shape index (κ2) is 6.55. The Balaban J connectivity index is 1.59. The molecule has 3 rings (SSSR count). The van der Waals surface area contributed by atoms with Crippen LogP contribution >= 0.6 is 0 Å². The molecule has 1 saturated heterocycles. The van der Waals surface area contributed by atoms with Gasteiger partial charge in [-0.2, -0.15) is 5.10 Å². The maximum Gasteiger partial charge on any atom is 0.322 e. The van der Waals surface area contributed by atoms with Gasteiger partial charge in [-0.25, -0.2) is 13.6 Å². The van der Waals surface area contributed by atoms with Crippen LogP contribution in [0.15, 0.2) is 36.5 Å². The SMILES string of the molecule is O=C(Nc1c(F)cccc1F)N1CCC(Oc2cccnn2)C1. The molecule has 0 saturated carbocycles. The van der Waals surface area contributed by atoms with E-state index in [2.05, 4.69) is 15.5 Å². The maximum absolute atomic E-state index is 13.5. The van der Waals surface area contributed by atoms with Gasteiger partial charge < -0.3 is 15.0 Å². The molecule has 0 spiro atoms. The lowest BCUT2D eigenvalue weighted by Gasteiger charge is -2.18. The fourth-order valence-electron chi connectivity index (χ4n) is 2.33. The van der Waals surface area contributed by atoms with Crippen molar-refractivity contribution < 1.29 is 18.3 Å². The quantitative estimate of drug-likeness (QED) is 0.943. The average molecular weight is 320 g/mol. The highest BCUT2D eigenvalue weighted by Crippen LogP contribution is 2.21. The molecule has 1 unspecified atom stereocenters. The molecular weight excluding hydrogens is 306 g/mol. The molecule has 1 aliphatic heterocycles. The van der Waals surface area contributed by atoms with Gasteiger partial charge >= 0.3 is 6.03 Å². The molecule has 2 amide bonds. The van der Waals surface area contributed by atoms with Crippen LogP contribution in [0.5, 0.6) is 5.88 Å². The fraction of sp³-hybridized carbons (Fsp3) is 0.267. The first-order chi connectivity index (χ1) is 11.1. The Kier molecular flexibility index (Phi) is 4.31. The lowest BCUT2D eigenvalue weighted by Crippen LogP contribution is -2.35. The number of carbonyl (C=O) groups excluding carboxylic acids is 1. The summed E-state index contributed by atoms with van der Waals surface area (Å²) in [5.74, 6) is -1.25. The number of carbonyl (C=O) groups is 1. The summed E-state index contributed by atoms with van der Waals surface area (Å²) in [6.45, 7) is 0.727. The summed E-state index contributed by atoms with van der Waals surface area (Å²) < 4.78 is 32.7. The third-order valence-electron chi connectivity index (χ3n) is 3.46. The number of hydrogen-bond acceptors (Lipinski definition) is 4. The Morgan fingerprint density at radius 3 is 2.74 bits per heavy atom. The van der Waals surface area contributed by atoms with Gasteiger partial charge in [0, 0.05) is 25.2 Å². The normalized spacial score (nSPS) is 17.1. The van der Waals surface area contributed by atoms with Crippen LogP contribution in [-0.4, -0.2) is 40.3 Å². The Morgan fingerprint density at radius 1 is 1.26 bits per heavy atom. The molecule has 0 bridgehead atoms. The Hall–Kier alpha value is -2.77. The number of rotatable bonds is 3. The van der Waals surface area contributed by atoms with Gasteiger partial charge in [0.15, 0.2) is 0 Å². The highest BCUT2D eigenvalue weighted by atomic mass is 19.1. The standard InChI is InChI=1S/C15H14F2N4O2/c16-11-3-1-4-12(17)14(11)19-15(22)21-8-6-10(9-21)23-13-5-2-7-18-20-13/h1-5,7,10H,6,8-9H2,(H,19,22). The van der Waals surface area contributed by atoms with E-state index in [1.54, 1.807) is 12.1 Å². The highest BCUT2D eigenvalue weighted by molar-refractivity contribution is 5.89. The molecule has 2 heterocycles. The minimum Gasteiger partial charge on any atom is -0.471 e. The van der Waals surface area contributed by atoms with E-state index >= 15 is 0 Å². The Bertz CT molecular complexity index is 679. The van der Waals surface area contributed by atoms with E-state index in [4.69, 9.17) is 4.74 Å². The van der Waals surface area contributed by atoms with E-state index in [0.717, 1.165) is 12.1 Å². The number of anilines is 1. The van der Waals surface area contributed by atoms with Gasteiger partial charge in [0.2, 0.25) is 5.88 Å². The van der Waals surface area contributed by atoms with Crippen molar-refractivity contribution in [3.8, 4) is 5.88 Å². The van der Waals surface area contributed by atoms with E-state index in [-0.39, 0.29) is 6.10 Å². The van der Waals surface area contributed by atoms with Gasteiger partial charge in [-0.1, -0.05) is 6.07 Å². The van der Waals surface area contributed by atoms with Crippen molar-refractivity contribution in [2.45, 2.75) is 12.5 Å². The van der Waals surface area contributed by atoms with E-state index < -0.39 is 23.4 Å². The van der Waals surface area contributed by atoms with Crippen molar-refractivity contribution in [2.24, 2.45) is 0 Å². The number of likely N-dealkylation sites (tertiary alicyclic amines) is 1.